The summed E-state index contributed by atoms with van der Waals surface area (Å²) in [6.07, 6.45) is 4.44. The third-order valence-corrected chi connectivity index (χ3v) is 2.68. The molecule has 0 bridgehead atoms. The number of hydrogen-bond donors (Lipinski definition) is 0. The van der Waals surface area contributed by atoms with Crippen LogP contribution >= 0.6 is 11.6 Å². The van der Waals surface area contributed by atoms with E-state index in [1.54, 1.807) is 12.4 Å². The lowest BCUT2D eigenvalue weighted by molar-refractivity contribution is 0.322. The molecule has 0 aliphatic heterocycles. The number of ether oxygens (including phenoxy) is 1. The fourth-order valence-electron chi connectivity index (χ4n) is 1.64. The van der Waals surface area contributed by atoms with Gasteiger partial charge in [-0.15, -0.1) is 11.6 Å². The van der Waals surface area contributed by atoms with E-state index in [1.165, 1.54) is 5.56 Å². The van der Waals surface area contributed by atoms with Crippen LogP contribution in [-0.2, 0) is 6.42 Å². The van der Waals surface area contributed by atoms with Crippen molar-refractivity contribution >= 4 is 11.6 Å². The summed E-state index contributed by atoms with van der Waals surface area (Å²) in [5.74, 6) is 6.97. The molecule has 0 amide bonds. The number of nitrogens with zero attached hydrogens (tertiary/aromatic N) is 1. The van der Waals surface area contributed by atoms with Crippen molar-refractivity contribution in [3.63, 3.8) is 0 Å². The van der Waals surface area contributed by atoms with Crippen LogP contribution in [0.2, 0.25) is 0 Å². The summed E-state index contributed by atoms with van der Waals surface area (Å²) in [5, 5.41) is 0. The number of alkyl halides is 1. The molecule has 2 rings (SSSR count). The van der Waals surface area contributed by atoms with Gasteiger partial charge in [0.15, 0.2) is 0 Å². The van der Waals surface area contributed by atoms with Crippen LogP contribution in [0.3, 0.4) is 0 Å². The average Bonchev–Trinajstić information content (AvgIpc) is 2.47. The first-order valence-electron chi connectivity index (χ1n) is 6.05. The van der Waals surface area contributed by atoms with Gasteiger partial charge in [0.1, 0.15) is 5.75 Å². The maximum atomic E-state index is 5.71. The number of benzene rings is 1. The number of hydrogen-bond acceptors (Lipinski definition) is 2. The van der Waals surface area contributed by atoms with Crippen molar-refractivity contribution in [3.05, 3.63) is 59.9 Å². The minimum Gasteiger partial charge on any atom is -0.493 e. The van der Waals surface area contributed by atoms with Crippen LogP contribution < -0.4 is 4.74 Å². The van der Waals surface area contributed by atoms with Gasteiger partial charge in [-0.2, -0.15) is 0 Å². The Morgan fingerprint density at radius 1 is 1.16 bits per heavy atom. The first-order chi connectivity index (χ1) is 9.38. The highest BCUT2D eigenvalue weighted by molar-refractivity contribution is 6.19. The number of rotatable bonds is 4. The van der Waals surface area contributed by atoms with Crippen LogP contribution in [0, 0.1) is 11.8 Å². The molecule has 19 heavy (non-hydrogen) atoms. The molecule has 0 saturated carbocycles. The van der Waals surface area contributed by atoms with Crippen LogP contribution in [0.1, 0.15) is 11.1 Å². The molecule has 0 aliphatic rings. The Hall–Kier alpha value is -1.98. The Morgan fingerprint density at radius 3 is 2.79 bits per heavy atom. The average molecular weight is 272 g/mol. The van der Waals surface area contributed by atoms with Crippen LogP contribution in [0.5, 0.6) is 5.75 Å². The fraction of sp³-hybridized carbons (Fsp3) is 0.188. The van der Waals surface area contributed by atoms with Gasteiger partial charge in [-0.05, 0) is 35.9 Å². The second kappa shape index (κ2) is 7.45. The summed E-state index contributed by atoms with van der Waals surface area (Å²) in [6.45, 7) is 0.635. The normalized spacial score (nSPS) is 9.53. The molecule has 1 heterocycles. The van der Waals surface area contributed by atoms with E-state index >= 15 is 0 Å². The lowest BCUT2D eigenvalue weighted by atomic mass is 10.2. The molecule has 0 N–H and O–H groups in total. The third kappa shape index (κ3) is 4.65. The minimum atomic E-state index is 0.340. The molecule has 2 nitrogen and oxygen atoms in total. The largest absolute Gasteiger partial charge is 0.493 e. The van der Waals surface area contributed by atoms with E-state index in [-0.39, 0.29) is 0 Å². The second-order valence-corrected chi connectivity index (χ2v) is 4.18. The van der Waals surface area contributed by atoms with Gasteiger partial charge in [-0.1, -0.05) is 17.9 Å². The van der Waals surface area contributed by atoms with Gasteiger partial charge >= 0.3 is 0 Å². The predicted molar refractivity (Wildman–Crippen MR) is 77.5 cm³/mol. The molecule has 96 valence electrons. The molecule has 3 heteroatoms. The Morgan fingerprint density at radius 2 is 2.00 bits per heavy atom. The maximum Gasteiger partial charge on any atom is 0.120 e. The van der Waals surface area contributed by atoms with Crippen LogP contribution in [0.25, 0.3) is 0 Å². The molecule has 0 aliphatic carbocycles. The lowest BCUT2D eigenvalue weighted by Crippen LogP contribution is -2.01. The zero-order valence-corrected chi connectivity index (χ0v) is 11.2. The van der Waals surface area contributed by atoms with Crippen molar-refractivity contribution in [1.82, 2.24) is 4.98 Å². The van der Waals surface area contributed by atoms with E-state index in [2.05, 4.69) is 16.8 Å². The first kappa shape index (κ1) is 13.5. The van der Waals surface area contributed by atoms with Crippen molar-refractivity contribution < 1.29 is 4.74 Å². The molecule has 0 unspecified atom stereocenters. The molecule has 0 spiro atoms. The molecule has 0 atom stereocenters. The van der Waals surface area contributed by atoms with Gasteiger partial charge in [-0.25, -0.2) is 0 Å². The Kier molecular flexibility index (Phi) is 5.28. The molecule has 1 aromatic heterocycles. The van der Waals surface area contributed by atoms with Gasteiger partial charge in [0.25, 0.3) is 0 Å². The quantitative estimate of drug-likeness (QED) is 0.629. The standard InChI is InChI=1S/C16H14ClNO/c17-9-2-4-15-3-1-5-16(13-15)19-12-8-14-6-10-18-11-7-14/h1,3,5-7,10-11,13H,8-9,12H2. The van der Waals surface area contributed by atoms with E-state index < -0.39 is 0 Å². The molecule has 0 radical (unpaired) electrons. The monoisotopic (exact) mass is 271 g/mol. The fourth-order valence-corrected chi connectivity index (χ4v) is 1.70. The van der Waals surface area contributed by atoms with Crippen molar-refractivity contribution in [1.29, 1.82) is 0 Å². The van der Waals surface area contributed by atoms with Crippen LogP contribution in [-0.4, -0.2) is 17.5 Å². The molecule has 0 fully saturated rings. The van der Waals surface area contributed by atoms with Gasteiger partial charge in [-0.3, -0.25) is 4.98 Å². The molecular weight excluding hydrogens is 258 g/mol. The van der Waals surface area contributed by atoms with Crippen molar-refractivity contribution in [2.45, 2.75) is 6.42 Å². The minimum absolute atomic E-state index is 0.340. The van der Waals surface area contributed by atoms with Gasteiger partial charge in [0.2, 0.25) is 0 Å². The highest BCUT2D eigenvalue weighted by atomic mass is 35.5. The summed E-state index contributed by atoms with van der Waals surface area (Å²) in [6, 6.07) is 11.7. The molecule has 1 aromatic carbocycles. The van der Waals surface area contributed by atoms with E-state index in [0.29, 0.717) is 12.5 Å². The van der Waals surface area contributed by atoms with Crippen molar-refractivity contribution in [3.8, 4) is 17.6 Å². The van der Waals surface area contributed by atoms with Crippen molar-refractivity contribution in [2.75, 3.05) is 12.5 Å². The summed E-state index contributed by atoms with van der Waals surface area (Å²) in [4.78, 5) is 3.98. The second-order valence-electron chi connectivity index (χ2n) is 3.92. The Balaban J connectivity index is 1.89. The highest BCUT2D eigenvalue weighted by Crippen LogP contribution is 2.13. The Labute approximate surface area is 118 Å². The summed E-state index contributed by atoms with van der Waals surface area (Å²) < 4.78 is 5.71. The number of pyridine rings is 1. The third-order valence-electron chi connectivity index (χ3n) is 2.54. The SMILES string of the molecule is ClCC#Cc1cccc(OCCc2ccncc2)c1. The smallest absolute Gasteiger partial charge is 0.120 e. The van der Waals surface area contributed by atoms with E-state index in [9.17, 15) is 0 Å². The molecule has 0 saturated heterocycles. The summed E-state index contributed by atoms with van der Waals surface area (Å²) in [7, 11) is 0. The van der Waals surface area contributed by atoms with Gasteiger partial charge in [0.05, 0.1) is 12.5 Å². The van der Waals surface area contributed by atoms with Crippen LogP contribution in [0.15, 0.2) is 48.8 Å². The Bertz CT molecular complexity index is 572. The zero-order chi connectivity index (χ0) is 13.3. The van der Waals surface area contributed by atoms with Crippen molar-refractivity contribution in [2.24, 2.45) is 0 Å². The number of aromatic nitrogens is 1. The predicted octanol–water partition coefficient (Wildman–Crippen LogP) is 3.29. The topological polar surface area (TPSA) is 22.1 Å². The van der Waals surface area contributed by atoms with Crippen LogP contribution in [0.4, 0.5) is 0 Å². The molecular formula is C16H14ClNO. The zero-order valence-electron chi connectivity index (χ0n) is 10.5. The van der Waals surface area contributed by atoms with E-state index in [0.717, 1.165) is 17.7 Å². The summed E-state index contributed by atoms with van der Waals surface area (Å²) >= 11 is 5.53. The lowest BCUT2D eigenvalue weighted by Gasteiger charge is -2.06. The first-order valence-corrected chi connectivity index (χ1v) is 6.58. The molecule has 2 aromatic rings. The van der Waals surface area contributed by atoms with Gasteiger partial charge in [0, 0.05) is 24.4 Å². The summed E-state index contributed by atoms with van der Waals surface area (Å²) in [5.41, 5.74) is 2.13. The maximum absolute atomic E-state index is 5.71. The highest BCUT2D eigenvalue weighted by Gasteiger charge is 1.96. The van der Waals surface area contributed by atoms with E-state index in [4.69, 9.17) is 16.3 Å². The van der Waals surface area contributed by atoms with Gasteiger partial charge < -0.3 is 4.74 Å². The number of halogens is 1. The van der Waals surface area contributed by atoms with E-state index in [1.807, 2.05) is 36.4 Å².